The first-order valence-electron chi connectivity index (χ1n) is 7.97. The Kier molecular flexibility index (Phi) is 4.37. The molecule has 110 valence electrons. The van der Waals surface area contributed by atoms with Gasteiger partial charge in [0, 0.05) is 28.3 Å². The van der Waals surface area contributed by atoms with E-state index in [1.54, 1.807) is 0 Å². The van der Waals surface area contributed by atoms with E-state index < -0.39 is 0 Å². The first kappa shape index (κ1) is 14.4. The van der Waals surface area contributed by atoms with Crippen LogP contribution < -0.4 is 10.2 Å². The van der Waals surface area contributed by atoms with Crippen LogP contribution in [0.4, 0.5) is 5.69 Å². The van der Waals surface area contributed by atoms with E-state index in [4.69, 9.17) is 0 Å². The van der Waals surface area contributed by atoms with E-state index in [0.29, 0.717) is 0 Å². The Morgan fingerprint density at radius 2 is 1.95 bits per heavy atom. The van der Waals surface area contributed by atoms with Crippen molar-refractivity contribution in [2.75, 3.05) is 11.4 Å². The summed E-state index contributed by atoms with van der Waals surface area (Å²) in [4.78, 5) is 2.71. The summed E-state index contributed by atoms with van der Waals surface area (Å²) in [6.45, 7) is 5.66. The van der Waals surface area contributed by atoms with Crippen LogP contribution >= 0.6 is 15.9 Å². The lowest BCUT2D eigenvalue weighted by Gasteiger charge is -2.41. The quantitative estimate of drug-likeness (QED) is 0.883. The third-order valence-electron chi connectivity index (χ3n) is 4.85. The summed E-state index contributed by atoms with van der Waals surface area (Å²) < 4.78 is 1.19. The average molecular weight is 337 g/mol. The van der Waals surface area contributed by atoms with Crippen molar-refractivity contribution in [3.8, 4) is 0 Å². The fraction of sp³-hybridized carbons (Fsp3) is 0.647. The monoisotopic (exact) mass is 336 g/mol. The zero-order valence-electron chi connectivity index (χ0n) is 12.5. The lowest BCUT2D eigenvalue weighted by atomic mass is 9.95. The molecule has 2 aliphatic rings. The van der Waals surface area contributed by atoms with Crippen LogP contribution in [0, 0.1) is 6.92 Å². The van der Waals surface area contributed by atoms with Gasteiger partial charge in [0.2, 0.25) is 0 Å². The predicted octanol–water partition coefficient (Wildman–Crippen LogP) is 4.26. The molecule has 0 amide bonds. The molecular formula is C17H25BrN2. The highest BCUT2D eigenvalue weighted by atomic mass is 79.9. The summed E-state index contributed by atoms with van der Waals surface area (Å²) >= 11 is 3.58. The minimum absolute atomic E-state index is 0.736. The number of anilines is 1. The summed E-state index contributed by atoms with van der Waals surface area (Å²) in [6, 6.07) is 8.94. The maximum absolute atomic E-state index is 3.73. The highest BCUT2D eigenvalue weighted by Crippen LogP contribution is 2.41. The van der Waals surface area contributed by atoms with Crippen molar-refractivity contribution in [3.63, 3.8) is 0 Å². The Morgan fingerprint density at radius 1 is 1.25 bits per heavy atom. The van der Waals surface area contributed by atoms with Gasteiger partial charge in [-0.15, -0.1) is 0 Å². The Bertz CT molecular complexity index is 460. The van der Waals surface area contributed by atoms with Crippen molar-refractivity contribution in [2.24, 2.45) is 0 Å². The number of benzene rings is 1. The molecule has 2 unspecified atom stereocenters. The molecule has 2 heterocycles. The Hall–Kier alpha value is -0.540. The van der Waals surface area contributed by atoms with E-state index in [1.807, 2.05) is 0 Å². The Balaban J connectivity index is 1.76. The van der Waals surface area contributed by atoms with E-state index in [1.165, 1.54) is 54.4 Å². The van der Waals surface area contributed by atoms with Crippen molar-refractivity contribution in [3.05, 3.63) is 28.2 Å². The lowest BCUT2D eigenvalue weighted by Crippen LogP contribution is -2.49. The number of hydrogen-bond acceptors (Lipinski definition) is 2. The molecule has 1 N–H and O–H groups in total. The molecule has 1 aromatic carbocycles. The normalized spacial score (nSPS) is 28.9. The molecule has 20 heavy (non-hydrogen) atoms. The molecule has 0 aliphatic carbocycles. The van der Waals surface area contributed by atoms with Gasteiger partial charge in [-0.1, -0.05) is 22.9 Å². The van der Waals surface area contributed by atoms with Gasteiger partial charge in [-0.25, -0.2) is 0 Å². The summed E-state index contributed by atoms with van der Waals surface area (Å²) in [6.07, 6.45) is 6.59. The van der Waals surface area contributed by atoms with Gasteiger partial charge in [-0.05, 0) is 69.3 Å². The number of fused-ring (bicyclic) bond motifs is 2. The van der Waals surface area contributed by atoms with E-state index in [9.17, 15) is 0 Å². The first-order chi connectivity index (χ1) is 9.69. The molecule has 0 spiro atoms. The van der Waals surface area contributed by atoms with Gasteiger partial charge >= 0.3 is 0 Å². The molecule has 0 aromatic heterocycles. The van der Waals surface area contributed by atoms with E-state index >= 15 is 0 Å². The molecule has 1 aromatic rings. The van der Waals surface area contributed by atoms with E-state index in [-0.39, 0.29) is 0 Å². The van der Waals surface area contributed by atoms with E-state index in [2.05, 4.69) is 58.2 Å². The van der Waals surface area contributed by atoms with Crippen molar-refractivity contribution >= 4 is 21.6 Å². The number of nitrogens with one attached hydrogen (secondary N) is 1. The Labute approximate surface area is 131 Å². The van der Waals surface area contributed by atoms with Crippen LogP contribution in [0.25, 0.3) is 0 Å². The molecule has 0 saturated carbocycles. The first-order valence-corrected chi connectivity index (χ1v) is 8.76. The zero-order chi connectivity index (χ0) is 14.1. The smallest absolute Gasteiger partial charge is 0.0401 e. The summed E-state index contributed by atoms with van der Waals surface area (Å²) in [5.74, 6) is 0. The Morgan fingerprint density at radius 3 is 2.55 bits per heavy atom. The second kappa shape index (κ2) is 6.07. The minimum atomic E-state index is 0.736. The molecule has 3 rings (SSSR count). The van der Waals surface area contributed by atoms with Gasteiger partial charge in [0.15, 0.2) is 0 Å². The maximum Gasteiger partial charge on any atom is 0.0401 e. The zero-order valence-corrected chi connectivity index (χ0v) is 14.1. The number of piperidine rings is 1. The van der Waals surface area contributed by atoms with Crippen LogP contribution in [-0.2, 0) is 0 Å². The van der Waals surface area contributed by atoms with Gasteiger partial charge < -0.3 is 10.2 Å². The third kappa shape index (κ3) is 2.75. The molecule has 2 atom stereocenters. The van der Waals surface area contributed by atoms with Gasteiger partial charge in [0.25, 0.3) is 0 Å². The van der Waals surface area contributed by atoms with Crippen LogP contribution in [0.15, 0.2) is 22.7 Å². The molecule has 2 fully saturated rings. The topological polar surface area (TPSA) is 15.3 Å². The average Bonchev–Trinajstić information content (AvgIpc) is 2.68. The van der Waals surface area contributed by atoms with Crippen LogP contribution in [0.3, 0.4) is 0 Å². The van der Waals surface area contributed by atoms with Gasteiger partial charge in [-0.2, -0.15) is 0 Å². The number of aryl methyl sites for hydroxylation is 1. The molecule has 2 aliphatic heterocycles. The van der Waals surface area contributed by atoms with E-state index in [0.717, 1.165) is 18.1 Å². The fourth-order valence-corrected chi connectivity index (χ4v) is 4.47. The van der Waals surface area contributed by atoms with Crippen LogP contribution in [0.2, 0.25) is 0 Å². The van der Waals surface area contributed by atoms with Crippen molar-refractivity contribution in [2.45, 2.75) is 64.1 Å². The summed E-state index contributed by atoms with van der Waals surface area (Å²) in [5.41, 5.74) is 2.85. The second-order valence-electron chi connectivity index (χ2n) is 6.35. The molecule has 3 heteroatoms. The van der Waals surface area contributed by atoms with Crippen LogP contribution in [0.5, 0.6) is 0 Å². The van der Waals surface area contributed by atoms with Crippen molar-refractivity contribution < 1.29 is 0 Å². The van der Waals surface area contributed by atoms with Gasteiger partial charge in [-0.3, -0.25) is 0 Å². The number of hydrogen-bond donors (Lipinski definition) is 1. The lowest BCUT2D eigenvalue weighted by molar-refractivity contribution is 0.356. The van der Waals surface area contributed by atoms with Crippen LogP contribution in [0.1, 0.15) is 44.6 Å². The second-order valence-corrected chi connectivity index (χ2v) is 7.26. The predicted molar refractivity (Wildman–Crippen MR) is 89.5 cm³/mol. The van der Waals surface area contributed by atoms with Crippen LogP contribution in [-0.4, -0.2) is 24.7 Å². The fourth-order valence-electron chi connectivity index (χ4n) is 3.99. The number of halogens is 1. The number of nitrogens with zero attached hydrogens (tertiary/aromatic N) is 1. The van der Waals surface area contributed by atoms with Crippen molar-refractivity contribution in [1.29, 1.82) is 0 Å². The van der Waals surface area contributed by atoms with Crippen molar-refractivity contribution in [1.82, 2.24) is 5.32 Å². The molecule has 0 radical (unpaired) electrons. The summed E-state index contributed by atoms with van der Waals surface area (Å²) in [5, 5.41) is 3.73. The maximum atomic E-state index is 3.73. The van der Waals surface area contributed by atoms with Gasteiger partial charge in [0.1, 0.15) is 0 Å². The minimum Gasteiger partial charge on any atom is -0.365 e. The SMILES string of the molecule is CCCNC1CC2CCC(C1)N2c1ccc(Br)cc1C. The third-order valence-corrected chi connectivity index (χ3v) is 5.35. The standard InChI is InChI=1S/C17H25BrN2/c1-3-8-19-14-10-15-5-6-16(11-14)20(15)17-7-4-13(18)9-12(17)2/h4,7,9,14-16,19H,3,5-6,8,10-11H2,1-2H3. The summed E-state index contributed by atoms with van der Waals surface area (Å²) in [7, 11) is 0. The highest BCUT2D eigenvalue weighted by molar-refractivity contribution is 9.10. The highest BCUT2D eigenvalue weighted by Gasteiger charge is 2.40. The molecule has 2 bridgehead atoms. The number of rotatable bonds is 4. The molecular weight excluding hydrogens is 312 g/mol. The molecule has 2 nitrogen and oxygen atoms in total. The van der Waals surface area contributed by atoms with Gasteiger partial charge in [0.05, 0.1) is 0 Å². The largest absolute Gasteiger partial charge is 0.365 e. The molecule has 2 saturated heterocycles.